The molecule has 1 aliphatic heterocycles. The van der Waals surface area contributed by atoms with Crippen LogP contribution in [0.4, 0.5) is 0 Å². The van der Waals surface area contributed by atoms with Crippen LogP contribution < -0.4 is 14.8 Å². The van der Waals surface area contributed by atoms with Gasteiger partial charge in [0.05, 0.1) is 0 Å². The van der Waals surface area contributed by atoms with Crippen molar-refractivity contribution in [3.63, 3.8) is 0 Å². The lowest BCUT2D eigenvalue weighted by atomic mass is 10.2. The number of hydrogen-bond donors (Lipinski definition) is 1. The van der Waals surface area contributed by atoms with Gasteiger partial charge in [0.2, 0.25) is 6.79 Å². The second-order valence-electron chi connectivity index (χ2n) is 3.91. The number of ether oxygens (including phenoxy) is 3. The van der Waals surface area contributed by atoms with Crippen LogP contribution in [-0.4, -0.2) is 26.6 Å². The Morgan fingerprint density at radius 3 is 3.06 bits per heavy atom. The number of hydrogen-bond acceptors (Lipinski definition) is 4. The molecule has 0 amide bonds. The first-order chi connectivity index (χ1) is 8.40. The van der Waals surface area contributed by atoms with Crippen LogP contribution in [0.15, 0.2) is 18.2 Å². The summed E-state index contributed by atoms with van der Waals surface area (Å²) in [6.45, 7) is 5.78. The van der Waals surface area contributed by atoms with Crippen molar-refractivity contribution in [3.8, 4) is 11.5 Å². The van der Waals surface area contributed by atoms with E-state index in [-0.39, 0.29) is 0 Å². The molecule has 0 saturated heterocycles. The fraction of sp³-hybridized carbons (Fsp3) is 0.538. The van der Waals surface area contributed by atoms with Crippen LogP contribution in [0.1, 0.15) is 18.9 Å². The predicted octanol–water partition coefficient (Wildman–Crippen LogP) is 1.93. The summed E-state index contributed by atoms with van der Waals surface area (Å²) in [4.78, 5) is 0. The Morgan fingerprint density at radius 1 is 1.29 bits per heavy atom. The zero-order chi connectivity index (χ0) is 11.9. The minimum atomic E-state index is 0.334. The number of nitrogens with one attached hydrogen (secondary N) is 1. The summed E-state index contributed by atoms with van der Waals surface area (Å²) < 4.78 is 15.9. The van der Waals surface area contributed by atoms with Gasteiger partial charge in [0.1, 0.15) is 0 Å². The van der Waals surface area contributed by atoms with E-state index in [1.165, 1.54) is 5.56 Å². The smallest absolute Gasteiger partial charge is 0.231 e. The Kier molecular flexibility index (Phi) is 4.64. The second kappa shape index (κ2) is 6.47. The van der Waals surface area contributed by atoms with E-state index in [1.54, 1.807) is 0 Å². The van der Waals surface area contributed by atoms with Crippen molar-refractivity contribution in [2.45, 2.75) is 19.9 Å². The number of rotatable bonds is 7. The molecule has 1 heterocycles. The monoisotopic (exact) mass is 237 g/mol. The first-order valence-corrected chi connectivity index (χ1v) is 6.07. The van der Waals surface area contributed by atoms with E-state index in [9.17, 15) is 0 Å². The fourth-order valence-electron chi connectivity index (χ4n) is 1.73. The molecule has 4 nitrogen and oxygen atoms in total. The van der Waals surface area contributed by atoms with Crippen LogP contribution >= 0.6 is 0 Å². The summed E-state index contributed by atoms with van der Waals surface area (Å²) in [5.74, 6) is 1.68. The molecule has 0 spiro atoms. The SMILES string of the molecule is CCOCCCNCc1ccc2c(c1)OCO2. The Morgan fingerprint density at radius 2 is 2.18 bits per heavy atom. The van der Waals surface area contributed by atoms with Crippen LogP contribution in [0, 0.1) is 0 Å². The summed E-state index contributed by atoms with van der Waals surface area (Å²) in [6, 6.07) is 6.04. The minimum absolute atomic E-state index is 0.334. The Balaban J connectivity index is 1.69. The largest absolute Gasteiger partial charge is 0.454 e. The molecule has 0 aromatic heterocycles. The quantitative estimate of drug-likeness (QED) is 0.736. The zero-order valence-electron chi connectivity index (χ0n) is 10.2. The molecule has 1 aromatic carbocycles. The first kappa shape index (κ1) is 12.2. The first-order valence-electron chi connectivity index (χ1n) is 6.07. The van der Waals surface area contributed by atoms with E-state index in [0.29, 0.717) is 6.79 Å². The van der Waals surface area contributed by atoms with Gasteiger partial charge in [0, 0.05) is 19.8 Å². The lowest BCUT2D eigenvalue weighted by Crippen LogP contribution is -2.16. The molecular formula is C13H19NO3. The maximum Gasteiger partial charge on any atom is 0.231 e. The van der Waals surface area contributed by atoms with Gasteiger partial charge in [-0.1, -0.05) is 6.07 Å². The summed E-state index contributed by atoms with van der Waals surface area (Å²) in [6.07, 6.45) is 1.04. The predicted molar refractivity (Wildman–Crippen MR) is 65.4 cm³/mol. The lowest BCUT2D eigenvalue weighted by molar-refractivity contribution is 0.144. The van der Waals surface area contributed by atoms with Gasteiger partial charge in [-0.25, -0.2) is 0 Å². The molecule has 0 bridgehead atoms. The van der Waals surface area contributed by atoms with Crippen LogP contribution in [0.2, 0.25) is 0 Å². The topological polar surface area (TPSA) is 39.7 Å². The van der Waals surface area contributed by atoms with Gasteiger partial charge >= 0.3 is 0 Å². The Labute approximate surface area is 102 Å². The highest BCUT2D eigenvalue weighted by atomic mass is 16.7. The van der Waals surface area contributed by atoms with E-state index in [0.717, 1.165) is 44.2 Å². The Bertz CT molecular complexity index is 355. The van der Waals surface area contributed by atoms with Gasteiger partial charge < -0.3 is 19.5 Å². The average molecular weight is 237 g/mol. The fourth-order valence-corrected chi connectivity index (χ4v) is 1.73. The molecule has 94 valence electrons. The van der Waals surface area contributed by atoms with E-state index >= 15 is 0 Å². The van der Waals surface area contributed by atoms with E-state index < -0.39 is 0 Å². The van der Waals surface area contributed by atoms with E-state index in [4.69, 9.17) is 14.2 Å². The molecular weight excluding hydrogens is 218 g/mol. The van der Waals surface area contributed by atoms with Crippen molar-refractivity contribution in [1.29, 1.82) is 0 Å². The third-order valence-corrected chi connectivity index (χ3v) is 2.61. The van der Waals surface area contributed by atoms with Gasteiger partial charge in [0.15, 0.2) is 11.5 Å². The number of fused-ring (bicyclic) bond motifs is 1. The molecule has 1 N–H and O–H groups in total. The van der Waals surface area contributed by atoms with Gasteiger partial charge in [-0.15, -0.1) is 0 Å². The summed E-state index contributed by atoms with van der Waals surface area (Å²) >= 11 is 0. The van der Waals surface area contributed by atoms with Crippen molar-refractivity contribution in [2.75, 3.05) is 26.6 Å². The second-order valence-corrected chi connectivity index (χ2v) is 3.91. The third kappa shape index (κ3) is 3.61. The van der Waals surface area contributed by atoms with Gasteiger partial charge in [-0.3, -0.25) is 0 Å². The molecule has 0 saturated carbocycles. The summed E-state index contributed by atoms with van der Waals surface area (Å²) in [5, 5.41) is 3.38. The zero-order valence-corrected chi connectivity index (χ0v) is 10.2. The molecule has 0 unspecified atom stereocenters. The third-order valence-electron chi connectivity index (χ3n) is 2.61. The van der Waals surface area contributed by atoms with Gasteiger partial charge in [-0.2, -0.15) is 0 Å². The molecule has 17 heavy (non-hydrogen) atoms. The minimum Gasteiger partial charge on any atom is -0.454 e. The molecule has 4 heteroatoms. The lowest BCUT2D eigenvalue weighted by Gasteiger charge is -2.06. The Hall–Kier alpha value is -1.26. The maximum absolute atomic E-state index is 5.33. The van der Waals surface area contributed by atoms with Crippen LogP contribution in [0.3, 0.4) is 0 Å². The van der Waals surface area contributed by atoms with Crippen LogP contribution in [0.25, 0.3) is 0 Å². The molecule has 1 aliphatic rings. The summed E-state index contributed by atoms with van der Waals surface area (Å²) in [7, 11) is 0. The van der Waals surface area contributed by atoms with Crippen molar-refractivity contribution >= 4 is 0 Å². The van der Waals surface area contributed by atoms with E-state index in [1.807, 2.05) is 19.1 Å². The molecule has 0 aliphatic carbocycles. The van der Waals surface area contributed by atoms with Gasteiger partial charge in [0.25, 0.3) is 0 Å². The van der Waals surface area contributed by atoms with Crippen LogP contribution in [-0.2, 0) is 11.3 Å². The summed E-state index contributed by atoms with van der Waals surface area (Å²) in [5.41, 5.74) is 1.21. The molecule has 1 aromatic rings. The molecule has 0 radical (unpaired) electrons. The van der Waals surface area contributed by atoms with Crippen molar-refractivity contribution in [3.05, 3.63) is 23.8 Å². The van der Waals surface area contributed by atoms with Crippen LogP contribution in [0.5, 0.6) is 11.5 Å². The average Bonchev–Trinajstić information content (AvgIpc) is 2.81. The highest BCUT2D eigenvalue weighted by Crippen LogP contribution is 2.32. The highest BCUT2D eigenvalue weighted by Gasteiger charge is 2.12. The molecule has 0 atom stereocenters. The van der Waals surface area contributed by atoms with E-state index in [2.05, 4.69) is 11.4 Å². The standard InChI is InChI=1S/C13H19NO3/c1-2-15-7-3-6-14-9-11-4-5-12-13(8-11)17-10-16-12/h4-5,8,14H,2-3,6-7,9-10H2,1H3. The van der Waals surface area contributed by atoms with Crippen molar-refractivity contribution < 1.29 is 14.2 Å². The number of benzene rings is 1. The molecule has 2 rings (SSSR count). The van der Waals surface area contributed by atoms with Crippen molar-refractivity contribution in [1.82, 2.24) is 5.32 Å². The highest BCUT2D eigenvalue weighted by molar-refractivity contribution is 5.44. The molecule has 0 fully saturated rings. The normalized spacial score (nSPS) is 13.0. The maximum atomic E-state index is 5.33. The van der Waals surface area contributed by atoms with Crippen molar-refractivity contribution in [2.24, 2.45) is 0 Å². The van der Waals surface area contributed by atoms with Gasteiger partial charge in [-0.05, 0) is 37.6 Å².